The zero-order chi connectivity index (χ0) is 9.42. The van der Waals surface area contributed by atoms with Crippen molar-refractivity contribution in [3.8, 4) is 0 Å². The first-order chi connectivity index (χ1) is 6.20. The Morgan fingerprint density at radius 2 is 1.85 bits per heavy atom. The van der Waals surface area contributed by atoms with Gasteiger partial charge in [-0.1, -0.05) is 0 Å². The van der Waals surface area contributed by atoms with Gasteiger partial charge in [-0.3, -0.25) is 0 Å². The lowest BCUT2D eigenvalue weighted by Gasteiger charge is -2.06. The van der Waals surface area contributed by atoms with E-state index in [-0.39, 0.29) is 0 Å². The number of fused-ring (bicyclic) bond motifs is 1. The lowest BCUT2D eigenvalue weighted by atomic mass is 10.0. The van der Waals surface area contributed by atoms with Crippen LogP contribution in [0.25, 0.3) is 10.9 Å². The van der Waals surface area contributed by atoms with Crippen LogP contribution in [0.4, 0.5) is 0 Å². The molecule has 1 heterocycles. The minimum Gasteiger partial charge on any atom is -0.138 e. The molecule has 0 radical (unpaired) electrons. The minimum absolute atomic E-state index is 0.926. The Bertz CT molecular complexity index is 463. The highest BCUT2D eigenvalue weighted by Crippen LogP contribution is 2.21. The number of benzene rings is 1. The maximum absolute atomic E-state index is 3.98. The predicted molar refractivity (Wildman–Crippen MR) is 51.5 cm³/mol. The molecule has 0 fully saturated rings. The van der Waals surface area contributed by atoms with Crippen molar-refractivity contribution >= 4 is 10.9 Å². The number of aromatic nitrogens is 3. The van der Waals surface area contributed by atoms with Gasteiger partial charge in [-0.15, -0.1) is 10.2 Å². The second kappa shape index (κ2) is 2.76. The molecule has 0 amide bonds. The second-order valence-corrected chi connectivity index (χ2v) is 3.31. The smallest absolute Gasteiger partial charge is 0.0968 e. The Morgan fingerprint density at radius 1 is 1.08 bits per heavy atom. The van der Waals surface area contributed by atoms with Crippen molar-refractivity contribution < 1.29 is 0 Å². The molecule has 0 saturated heterocycles. The first-order valence-electron chi connectivity index (χ1n) is 4.25. The average Bonchev–Trinajstić information content (AvgIpc) is 2.15. The SMILES string of the molecule is Cc1cc2nnncc2c(C)c1C. The van der Waals surface area contributed by atoms with Gasteiger partial charge in [-0.2, -0.15) is 0 Å². The molecule has 2 aromatic rings. The van der Waals surface area contributed by atoms with Crippen LogP contribution in [0.5, 0.6) is 0 Å². The monoisotopic (exact) mass is 173 g/mol. The predicted octanol–water partition coefficient (Wildman–Crippen LogP) is 1.95. The first kappa shape index (κ1) is 8.10. The summed E-state index contributed by atoms with van der Waals surface area (Å²) in [6.07, 6.45) is 1.77. The van der Waals surface area contributed by atoms with Gasteiger partial charge in [-0.05, 0) is 48.7 Å². The molecule has 3 heteroatoms. The summed E-state index contributed by atoms with van der Waals surface area (Å²) in [6, 6.07) is 2.05. The van der Waals surface area contributed by atoms with Crippen molar-refractivity contribution in [3.05, 3.63) is 29.0 Å². The van der Waals surface area contributed by atoms with Gasteiger partial charge in [0.15, 0.2) is 0 Å². The molecule has 0 saturated carbocycles. The molecule has 0 spiro atoms. The van der Waals surface area contributed by atoms with Gasteiger partial charge in [0.1, 0.15) is 0 Å². The number of hydrogen-bond acceptors (Lipinski definition) is 3. The van der Waals surface area contributed by atoms with Crippen LogP contribution in [-0.2, 0) is 0 Å². The van der Waals surface area contributed by atoms with Gasteiger partial charge in [-0.25, -0.2) is 0 Å². The summed E-state index contributed by atoms with van der Waals surface area (Å²) in [6.45, 7) is 6.29. The third kappa shape index (κ3) is 1.16. The standard InChI is InChI=1S/C10H11N3/c1-6-4-10-9(5-11-13-12-10)8(3)7(6)2/h4-5H,1-3H3. The highest BCUT2D eigenvalue weighted by Gasteiger charge is 2.04. The van der Waals surface area contributed by atoms with Crippen molar-refractivity contribution in [1.29, 1.82) is 0 Å². The Morgan fingerprint density at radius 3 is 2.62 bits per heavy atom. The van der Waals surface area contributed by atoms with E-state index in [1.165, 1.54) is 16.7 Å². The summed E-state index contributed by atoms with van der Waals surface area (Å²) in [4.78, 5) is 0. The summed E-state index contributed by atoms with van der Waals surface area (Å²) in [5.41, 5.74) is 4.74. The van der Waals surface area contributed by atoms with Crippen LogP contribution in [0, 0.1) is 20.8 Å². The number of hydrogen-bond donors (Lipinski definition) is 0. The molecule has 1 aromatic heterocycles. The normalized spacial score (nSPS) is 10.7. The second-order valence-electron chi connectivity index (χ2n) is 3.31. The van der Waals surface area contributed by atoms with Crippen LogP contribution < -0.4 is 0 Å². The van der Waals surface area contributed by atoms with Gasteiger partial charge < -0.3 is 0 Å². The number of nitrogens with zero attached hydrogens (tertiary/aromatic N) is 3. The molecule has 0 aliphatic carbocycles. The van der Waals surface area contributed by atoms with E-state index in [1.54, 1.807) is 6.20 Å². The zero-order valence-electron chi connectivity index (χ0n) is 8.00. The Labute approximate surface area is 76.8 Å². The lowest BCUT2D eigenvalue weighted by molar-refractivity contribution is 0.893. The largest absolute Gasteiger partial charge is 0.138 e. The summed E-state index contributed by atoms with van der Waals surface area (Å²) >= 11 is 0. The number of rotatable bonds is 0. The van der Waals surface area contributed by atoms with E-state index in [1.807, 2.05) is 6.07 Å². The Balaban J connectivity index is 2.94. The van der Waals surface area contributed by atoms with Crippen LogP contribution in [0.1, 0.15) is 16.7 Å². The van der Waals surface area contributed by atoms with Gasteiger partial charge in [0.25, 0.3) is 0 Å². The first-order valence-corrected chi connectivity index (χ1v) is 4.25. The van der Waals surface area contributed by atoms with Crippen LogP contribution >= 0.6 is 0 Å². The topological polar surface area (TPSA) is 38.7 Å². The summed E-state index contributed by atoms with van der Waals surface area (Å²) in [7, 11) is 0. The quantitative estimate of drug-likeness (QED) is 0.611. The molecule has 0 unspecified atom stereocenters. The minimum atomic E-state index is 0.926. The zero-order valence-corrected chi connectivity index (χ0v) is 8.00. The van der Waals surface area contributed by atoms with E-state index in [2.05, 4.69) is 36.2 Å². The van der Waals surface area contributed by atoms with E-state index in [0.717, 1.165) is 10.9 Å². The number of aryl methyl sites for hydroxylation is 2. The molecule has 13 heavy (non-hydrogen) atoms. The summed E-state index contributed by atoms with van der Waals surface area (Å²) in [5.74, 6) is 0. The van der Waals surface area contributed by atoms with Crippen LogP contribution in [0.3, 0.4) is 0 Å². The highest BCUT2D eigenvalue weighted by atomic mass is 15.3. The fourth-order valence-electron chi connectivity index (χ4n) is 1.48. The van der Waals surface area contributed by atoms with Crippen LogP contribution in [0.2, 0.25) is 0 Å². The molecule has 0 N–H and O–H groups in total. The van der Waals surface area contributed by atoms with Crippen LogP contribution in [0.15, 0.2) is 12.3 Å². The summed E-state index contributed by atoms with van der Waals surface area (Å²) in [5, 5.41) is 12.5. The van der Waals surface area contributed by atoms with Gasteiger partial charge >= 0.3 is 0 Å². The molecular weight excluding hydrogens is 162 g/mol. The molecule has 2 rings (SSSR count). The van der Waals surface area contributed by atoms with Crippen molar-refractivity contribution in [3.63, 3.8) is 0 Å². The Kier molecular flexibility index (Phi) is 1.72. The van der Waals surface area contributed by atoms with E-state index >= 15 is 0 Å². The average molecular weight is 173 g/mol. The third-order valence-electron chi connectivity index (χ3n) is 2.58. The maximum Gasteiger partial charge on any atom is 0.0968 e. The van der Waals surface area contributed by atoms with E-state index < -0.39 is 0 Å². The molecule has 3 nitrogen and oxygen atoms in total. The van der Waals surface area contributed by atoms with Crippen molar-refractivity contribution in [2.24, 2.45) is 0 Å². The molecule has 0 aliphatic heterocycles. The fourth-order valence-corrected chi connectivity index (χ4v) is 1.48. The Hall–Kier alpha value is -1.51. The third-order valence-corrected chi connectivity index (χ3v) is 2.58. The van der Waals surface area contributed by atoms with E-state index in [9.17, 15) is 0 Å². The van der Waals surface area contributed by atoms with E-state index in [4.69, 9.17) is 0 Å². The van der Waals surface area contributed by atoms with Crippen molar-refractivity contribution in [1.82, 2.24) is 15.4 Å². The van der Waals surface area contributed by atoms with E-state index in [0.29, 0.717) is 0 Å². The summed E-state index contributed by atoms with van der Waals surface area (Å²) < 4.78 is 0. The molecule has 0 bridgehead atoms. The molecular formula is C10H11N3. The van der Waals surface area contributed by atoms with Crippen LogP contribution in [-0.4, -0.2) is 15.4 Å². The molecule has 66 valence electrons. The maximum atomic E-state index is 3.98. The van der Waals surface area contributed by atoms with Gasteiger partial charge in [0.05, 0.1) is 11.7 Å². The molecule has 0 atom stereocenters. The molecule has 0 aliphatic rings. The molecule has 1 aromatic carbocycles. The van der Waals surface area contributed by atoms with Crippen molar-refractivity contribution in [2.75, 3.05) is 0 Å². The fraction of sp³-hybridized carbons (Fsp3) is 0.300. The van der Waals surface area contributed by atoms with Gasteiger partial charge in [0.2, 0.25) is 0 Å². The van der Waals surface area contributed by atoms with Gasteiger partial charge in [0, 0.05) is 5.39 Å². The highest BCUT2D eigenvalue weighted by molar-refractivity contribution is 5.82. The lowest BCUT2D eigenvalue weighted by Crippen LogP contribution is -1.93. The van der Waals surface area contributed by atoms with Crippen molar-refractivity contribution in [2.45, 2.75) is 20.8 Å².